The first-order chi connectivity index (χ1) is 33.1. The van der Waals surface area contributed by atoms with Crippen LogP contribution in [0.1, 0.15) is 123 Å². The van der Waals surface area contributed by atoms with Crippen LogP contribution in [0.25, 0.3) is 22.8 Å². The second-order valence-electron chi connectivity index (χ2n) is 20.6. The van der Waals surface area contributed by atoms with Crippen LogP contribution in [-0.2, 0) is 14.3 Å². The number of nitrogens with zero attached hydrogens (tertiary/aromatic N) is 5. The van der Waals surface area contributed by atoms with Gasteiger partial charge < -0.3 is 19.9 Å². The van der Waals surface area contributed by atoms with Crippen LogP contribution in [0.3, 0.4) is 0 Å². The normalized spacial score (nSPS) is 20.8. The lowest BCUT2D eigenvalue weighted by molar-refractivity contribution is -0.133. The van der Waals surface area contributed by atoms with Crippen molar-refractivity contribution in [1.29, 1.82) is 0 Å². The molecule has 3 N–H and O–H groups in total. The Morgan fingerprint density at radius 3 is 2.36 bits per heavy atom. The molecule has 2 unspecified atom stereocenters. The Kier molecular flexibility index (Phi) is 14.1. The van der Waals surface area contributed by atoms with E-state index in [4.69, 9.17) is 9.72 Å². The zero-order valence-electron chi connectivity index (χ0n) is 40.6. The molecule has 362 valence electrons. The molecule has 9 rings (SSSR count). The molecular weight excluding hydrogens is 872 g/mol. The number of rotatable bonds is 11. The summed E-state index contributed by atoms with van der Waals surface area (Å²) in [6, 6.07) is 16.6. The first-order valence-electron chi connectivity index (χ1n) is 24.7. The van der Waals surface area contributed by atoms with Gasteiger partial charge in [-0.1, -0.05) is 31.2 Å². The van der Waals surface area contributed by atoms with Crippen molar-refractivity contribution in [3.05, 3.63) is 118 Å². The monoisotopic (exact) mass is 937 g/mol. The van der Waals surface area contributed by atoms with E-state index < -0.39 is 17.7 Å². The molecule has 0 radical (unpaired) electrons. The number of carbonyl (C=O) groups excluding carboxylic acids is 4. The van der Waals surface area contributed by atoms with E-state index in [0.29, 0.717) is 23.8 Å². The van der Waals surface area contributed by atoms with Gasteiger partial charge in [0.25, 0.3) is 5.91 Å². The van der Waals surface area contributed by atoms with Crippen molar-refractivity contribution in [3.8, 4) is 11.1 Å². The van der Waals surface area contributed by atoms with E-state index in [0.717, 1.165) is 124 Å². The predicted molar refractivity (Wildman–Crippen MR) is 267 cm³/mol. The van der Waals surface area contributed by atoms with E-state index in [9.17, 15) is 19.2 Å². The van der Waals surface area contributed by atoms with Crippen LogP contribution >= 0.6 is 0 Å². The third-order valence-electron chi connectivity index (χ3n) is 14.6. The summed E-state index contributed by atoms with van der Waals surface area (Å²) in [5.74, 6) is 0.502. The maximum atomic E-state index is 15.3. The largest absolute Gasteiger partial charge is 0.444 e. The highest BCUT2D eigenvalue weighted by atomic mass is 19.1. The number of anilines is 2. The molecule has 6 heterocycles. The molecule has 4 amide bonds. The number of halogens is 1. The molecule has 1 aliphatic carbocycles. The lowest BCUT2D eigenvalue weighted by atomic mass is 9.87. The number of aryl methyl sites for hydroxylation is 1. The van der Waals surface area contributed by atoms with Crippen molar-refractivity contribution in [2.45, 2.75) is 103 Å². The van der Waals surface area contributed by atoms with Gasteiger partial charge in [0, 0.05) is 86.4 Å². The van der Waals surface area contributed by atoms with E-state index in [1.54, 1.807) is 12.3 Å². The van der Waals surface area contributed by atoms with Crippen molar-refractivity contribution >= 4 is 47.0 Å². The molecule has 5 aliphatic rings. The topological polar surface area (TPSA) is 149 Å². The Morgan fingerprint density at radius 1 is 0.884 bits per heavy atom. The van der Waals surface area contributed by atoms with Crippen molar-refractivity contribution in [1.82, 2.24) is 30.0 Å². The number of amides is 4. The Bertz CT molecular complexity index is 2660. The Labute approximate surface area is 405 Å². The second kappa shape index (κ2) is 20.4. The van der Waals surface area contributed by atoms with Gasteiger partial charge >= 0.3 is 6.09 Å². The molecule has 2 atom stereocenters. The van der Waals surface area contributed by atoms with Crippen LogP contribution in [0.15, 0.2) is 78.6 Å². The molecular formula is C55H65FN8O5. The van der Waals surface area contributed by atoms with Gasteiger partial charge in [-0.05, 0) is 167 Å². The summed E-state index contributed by atoms with van der Waals surface area (Å²) >= 11 is 0. The highest BCUT2D eigenvalue weighted by Crippen LogP contribution is 2.41. The number of benzene rings is 2. The first-order valence-corrected chi connectivity index (χ1v) is 24.7. The molecule has 69 heavy (non-hydrogen) atoms. The molecule has 2 aromatic carbocycles. The zero-order valence-corrected chi connectivity index (χ0v) is 40.6. The minimum absolute atomic E-state index is 0.106. The fourth-order valence-corrected chi connectivity index (χ4v) is 10.7. The number of hydrogen-bond donors (Lipinski definition) is 3. The molecule has 4 aromatic rings. The quantitative estimate of drug-likeness (QED) is 0.124. The van der Waals surface area contributed by atoms with Crippen LogP contribution < -0.4 is 16.0 Å². The maximum Gasteiger partial charge on any atom is 0.413 e. The van der Waals surface area contributed by atoms with Gasteiger partial charge in [0.15, 0.2) is 0 Å². The number of piperidine rings is 3. The van der Waals surface area contributed by atoms with Gasteiger partial charge in [0.05, 0.1) is 5.69 Å². The molecule has 14 heteroatoms. The van der Waals surface area contributed by atoms with Gasteiger partial charge in [0.1, 0.15) is 23.3 Å². The van der Waals surface area contributed by atoms with Crippen molar-refractivity contribution in [3.63, 3.8) is 0 Å². The SMILES string of the molecule is Cc1cc(C(=O)N2CCC(CN3CCC(c4ccc(NC5CCC(=O)NC5=O)cc4F)CC3)CC2)ccc1C1=CCN(CC2=Cc3c(-c4ccc(NC(=O)OC(C)(C)C)nc4)ccnc3C2C)CC1. The summed E-state index contributed by atoms with van der Waals surface area (Å²) in [6.45, 7) is 16.8. The third-order valence-corrected chi connectivity index (χ3v) is 14.6. The molecule has 4 aliphatic heterocycles. The Morgan fingerprint density at radius 2 is 1.68 bits per heavy atom. The van der Waals surface area contributed by atoms with E-state index in [1.165, 1.54) is 22.8 Å². The number of ether oxygens (including phenoxy) is 1. The maximum absolute atomic E-state index is 15.3. The van der Waals surface area contributed by atoms with Gasteiger partial charge in [-0.25, -0.2) is 14.2 Å². The number of imide groups is 1. The molecule has 13 nitrogen and oxygen atoms in total. The summed E-state index contributed by atoms with van der Waals surface area (Å²) in [4.78, 5) is 66.0. The summed E-state index contributed by atoms with van der Waals surface area (Å²) in [5.41, 5.74) is 10.6. The summed E-state index contributed by atoms with van der Waals surface area (Å²) in [6.07, 6.45) is 13.1. The summed E-state index contributed by atoms with van der Waals surface area (Å²) < 4.78 is 20.7. The second-order valence-corrected chi connectivity index (χ2v) is 20.6. The van der Waals surface area contributed by atoms with E-state index in [1.807, 2.05) is 62.2 Å². The van der Waals surface area contributed by atoms with Crippen LogP contribution in [-0.4, -0.2) is 112 Å². The third kappa shape index (κ3) is 11.3. The van der Waals surface area contributed by atoms with Gasteiger partial charge in [-0.2, -0.15) is 0 Å². The summed E-state index contributed by atoms with van der Waals surface area (Å²) in [5, 5.41) is 8.13. The van der Waals surface area contributed by atoms with Gasteiger partial charge in [-0.3, -0.25) is 34.9 Å². The smallest absolute Gasteiger partial charge is 0.413 e. The predicted octanol–water partition coefficient (Wildman–Crippen LogP) is 9.18. The Balaban J connectivity index is 0.725. The standard InChI is InChI=1S/C55H65FN8O5/c1-34-28-39(53(67)64-26-15-36(16-27-64)32-62-22-19-38(20-23-62)45-10-8-42(30-47(45)56)59-48-11-13-50(65)61-52(48)66)6-9-43(34)37-17-24-63(25-18-37)33-41-29-46-44(14-21-57-51(46)35(41)2)40-7-12-49(58-31-40)60-54(68)69-55(3,4)5/h6-10,12,14,17,21,28-31,35-36,38,48,59H,11,13,15-16,18-20,22-27,32-33H2,1-5H3,(H,58,60,68)(H,61,65,66). The minimum atomic E-state index is -0.595. The van der Waals surface area contributed by atoms with Crippen molar-refractivity contribution < 1.29 is 28.3 Å². The zero-order chi connectivity index (χ0) is 48.4. The number of aromatic nitrogens is 2. The van der Waals surface area contributed by atoms with Crippen molar-refractivity contribution in [2.75, 3.05) is 63.0 Å². The average molecular weight is 937 g/mol. The molecule has 0 bridgehead atoms. The summed E-state index contributed by atoms with van der Waals surface area (Å²) in [7, 11) is 0. The number of nitrogens with one attached hydrogen (secondary N) is 3. The van der Waals surface area contributed by atoms with E-state index in [-0.39, 0.29) is 41.8 Å². The van der Waals surface area contributed by atoms with E-state index >= 15 is 4.39 Å². The molecule has 3 saturated heterocycles. The fourth-order valence-electron chi connectivity index (χ4n) is 10.7. The molecule has 3 fully saturated rings. The number of carbonyl (C=O) groups is 4. The van der Waals surface area contributed by atoms with Crippen LogP contribution in [0.5, 0.6) is 0 Å². The number of fused-ring (bicyclic) bond motifs is 1. The molecule has 0 saturated carbocycles. The van der Waals surface area contributed by atoms with E-state index in [2.05, 4.69) is 68.9 Å². The van der Waals surface area contributed by atoms with Crippen LogP contribution in [0, 0.1) is 18.7 Å². The number of likely N-dealkylation sites (tertiary alicyclic amines) is 2. The van der Waals surface area contributed by atoms with Crippen LogP contribution in [0.2, 0.25) is 0 Å². The highest BCUT2D eigenvalue weighted by molar-refractivity contribution is 6.01. The lowest BCUT2D eigenvalue weighted by Crippen LogP contribution is -2.47. The fraction of sp³-hybridized carbons (Fsp3) is 0.455. The number of pyridine rings is 2. The molecule has 2 aromatic heterocycles. The van der Waals surface area contributed by atoms with Gasteiger partial charge in [0.2, 0.25) is 11.8 Å². The molecule has 0 spiro atoms. The van der Waals surface area contributed by atoms with Gasteiger partial charge in [-0.15, -0.1) is 0 Å². The van der Waals surface area contributed by atoms with Crippen molar-refractivity contribution in [2.24, 2.45) is 5.92 Å². The minimum Gasteiger partial charge on any atom is -0.444 e. The lowest BCUT2D eigenvalue weighted by Gasteiger charge is -2.38. The average Bonchev–Trinajstić information content (AvgIpc) is 3.64. The highest BCUT2D eigenvalue weighted by Gasteiger charge is 2.31. The van der Waals surface area contributed by atoms with Crippen LogP contribution in [0.4, 0.5) is 20.7 Å². The Hall–Kier alpha value is -6.25. The first kappa shape index (κ1) is 47.8. The number of hydrogen-bond acceptors (Lipinski definition) is 10.